The first-order chi connectivity index (χ1) is 8.61. The average Bonchev–Trinajstić information content (AvgIpc) is 2.75. The predicted molar refractivity (Wildman–Crippen MR) is 70.4 cm³/mol. The maximum atomic E-state index is 11.6. The highest BCUT2D eigenvalue weighted by molar-refractivity contribution is 7.10. The first-order valence-electron chi connectivity index (χ1n) is 6.01. The molecule has 1 aliphatic rings. The molecule has 2 heterocycles. The number of carbonyl (C=O) groups excluding carboxylic acids is 2. The molecule has 1 unspecified atom stereocenters. The summed E-state index contributed by atoms with van der Waals surface area (Å²) in [4.78, 5) is 25.7. The molecule has 3 amide bonds. The van der Waals surface area contributed by atoms with Gasteiger partial charge >= 0.3 is 6.03 Å². The third-order valence-corrected chi connectivity index (χ3v) is 4.20. The van der Waals surface area contributed by atoms with Crippen molar-refractivity contribution in [1.29, 1.82) is 0 Å². The Labute approximate surface area is 110 Å². The molecule has 0 aromatic carbocycles. The Kier molecular flexibility index (Phi) is 3.98. The summed E-state index contributed by atoms with van der Waals surface area (Å²) in [5, 5.41) is 4.21. The summed E-state index contributed by atoms with van der Waals surface area (Å²) < 4.78 is 0. The molecule has 18 heavy (non-hydrogen) atoms. The number of nitrogens with one attached hydrogen (secondary N) is 1. The Bertz CT molecular complexity index is 458. The zero-order chi connectivity index (χ0) is 13.1. The van der Waals surface area contributed by atoms with Gasteiger partial charge in [0, 0.05) is 17.5 Å². The number of nitrogens with two attached hydrogens (primary N) is 1. The van der Waals surface area contributed by atoms with Gasteiger partial charge < -0.3 is 5.73 Å². The lowest BCUT2D eigenvalue weighted by Crippen LogP contribution is -2.45. The molecule has 0 radical (unpaired) electrons. The number of hydrogen-bond donors (Lipinski definition) is 2. The van der Waals surface area contributed by atoms with Crippen LogP contribution in [0.25, 0.3) is 0 Å². The van der Waals surface area contributed by atoms with Crippen LogP contribution in [0.5, 0.6) is 0 Å². The number of hydrogen-bond acceptors (Lipinski definition) is 4. The van der Waals surface area contributed by atoms with Crippen molar-refractivity contribution >= 4 is 23.3 Å². The van der Waals surface area contributed by atoms with E-state index in [-0.39, 0.29) is 18.5 Å². The van der Waals surface area contributed by atoms with E-state index in [1.165, 1.54) is 10.4 Å². The summed E-state index contributed by atoms with van der Waals surface area (Å²) in [7, 11) is 0. The van der Waals surface area contributed by atoms with Crippen molar-refractivity contribution in [2.24, 2.45) is 5.73 Å². The zero-order valence-electron chi connectivity index (χ0n) is 10.3. The maximum absolute atomic E-state index is 11.6. The third-order valence-electron chi connectivity index (χ3n) is 3.20. The van der Waals surface area contributed by atoms with Crippen LogP contribution in [0.15, 0.2) is 11.4 Å². The minimum Gasteiger partial charge on any atom is -0.351 e. The largest absolute Gasteiger partial charge is 0.351 e. The Morgan fingerprint density at radius 1 is 1.61 bits per heavy atom. The number of fused-ring (bicyclic) bond motifs is 1. The molecule has 0 saturated carbocycles. The normalized spacial score (nSPS) is 19.3. The van der Waals surface area contributed by atoms with Gasteiger partial charge in [-0.1, -0.05) is 6.92 Å². The summed E-state index contributed by atoms with van der Waals surface area (Å²) in [5.41, 5.74) is 6.26. The molecule has 0 saturated heterocycles. The monoisotopic (exact) mass is 267 g/mol. The number of primary amides is 1. The molecule has 1 aromatic rings. The average molecular weight is 267 g/mol. The standard InChI is InChI=1S/C12H17N3O2S/c1-2-9-8-4-6-18-10(8)3-5-15(9)7-11(16)14-12(13)17/h4,6,9H,2-3,5,7H2,1H3,(H3,13,14,16,17). The number of nitrogens with zero attached hydrogens (tertiary/aromatic N) is 1. The molecule has 1 aliphatic heterocycles. The SMILES string of the molecule is CCC1c2ccsc2CCN1CC(=O)NC(N)=O. The van der Waals surface area contributed by atoms with E-state index in [1.54, 1.807) is 11.3 Å². The van der Waals surface area contributed by atoms with Gasteiger partial charge in [0.2, 0.25) is 5.91 Å². The number of amides is 3. The summed E-state index contributed by atoms with van der Waals surface area (Å²) in [6.45, 7) is 3.17. The van der Waals surface area contributed by atoms with E-state index in [4.69, 9.17) is 5.73 Å². The second kappa shape index (κ2) is 5.49. The van der Waals surface area contributed by atoms with Gasteiger partial charge in [-0.2, -0.15) is 0 Å². The van der Waals surface area contributed by atoms with E-state index in [0.29, 0.717) is 0 Å². The van der Waals surface area contributed by atoms with Gasteiger partial charge in [0.15, 0.2) is 0 Å². The van der Waals surface area contributed by atoms with Crippen LogP contribution in [-0.4, -0.2) is 29.9 Å². The summed E-state index contributed by atoms with van der Waals surface area (Å²) in [5.74, 6) is -0.334. The lowest BCUT2D eigenvalue weighted by atomic mass is 9.98. The summed E-state index contributed by atoms with van der Waals surface area (Å²) in [6, 6.07) is 1.60. The van der Waals surface area contributed by atoms with E-state index >= 15 is 0 Å². The molecule has 0 fully saturated rings. The van der Waals surface area contributed by atoms with Crippen molar-refractivity contribution in [2.75, 3.05) is 13.1 Å². The van der Waals surface area contributed by atoms with E-state index in [9.17, 15) is 9.59 Å². The highest BCUT2D eigenvalue weighted by atomic mass is 32.1. The van der Waals surface area contributed by atoms with Crippen LogP contribution in [-0.2, 0) is 11.2 Å². The maximum Gasteiger partial charge on any atom is 0.318 e. The molecule has 1 atom stereocenters. The lowest BCUT2D eigenvalue weighted by molar-refractivity contribution is -0.121. The van der Waals surface area contributed by atoms with E-state index in [0.717, 1.165) is 19.4 Å². The van der Waals surface area contributed by atoms with Gasteiger partial charge in [-0.15, -0.1) is 11.3 Å². The fourth-order valence-corrected chi connectivity index (χ4v) is 3.41. The lowest BCUT2D eigenvalue weighted by Gasteiger charge is -2.34. The third kappa shape index (κ3) is 2.70. The van der Waals surface area contributed by atoms with Crippen LogP contribution in [0.2, 0.25) is 0 Å². The highest BCUT2D eigenvalue weighted by Gasteiger charge is 2.28. The zero-order valence-corrected chi connectivity index (χ0v) is 11.1. The Balaban J connectivity index is 2.06. The minimum absolute atomic E-state index is 0.219. The molecule has 0 spiro atoms. The Morgan fingerprint density at radius 2 is 2.39 bits per heavy atom. The van der Waals surface area contributed by atoms with E-state index in [1.807, 2.05) is 0 Å². The highest BCUT2D eigenvalue weighted by Crippen LogP contribution is 2.34. The van der Waals surface area contributed by atoms with Gasteiger partial charge in [0.1, 0.15) is 0 Å². The molecular weight excluding hydrogens is 250 g/mol. The number of rotatable bonds is 3. The van der Waals surface area contributed by atoms with E-state index < -0.39 is 6.03 Å². The quantitative estimate of drug-likeness (QED) is 0.865. The smallest absolute Gasteiger partial charge is 0.318 e. The minimum atomic E-state index is -0.790. The van der Waals surface area contributed by atoms with Gasteiger partial charge in [0.25, 0.3) is 0 Å². The number of thiophene rings is 1. The van der Waals surface area contributed by atoms with Crippen molar-refractivity contribution < 1.29 is 9.59 Å². The molecule has 2 rings (SSSR count). The van der Waals surface area contributed by atoms with Crippen molar-refractivity contribution in [3.8, 4) is 0 Å². The van der Waals surface area contributed by atoms with Crippen LogP contribution in [0, 0.1) is 0 Å². The van der Waals surface area contributed by atoms with Crippen molar-refractivity contribution in [3.63, 3.8) is 0 Å². The number of urea groups is 1. The Hall–Kier alpha value is -1.40. The fraction of sp³-hybridized carbons (Fsp3) is 0.500. The van der Waals surface area contributed by atoms with Crippen molar-refractivity contribution in [2.45, 2.75) is 25.8 Å². The first-order valence-corrected chi connectivity index (χ1v) is 6.89. The van der Waals surface area contributed by atoms with Crippen LogP contribution in [0.4, 0.5) is 4.79 Å². The van der Waals surface area contributed by atoms with Crippen LogP contribution in [0.1, 0.15) is 29.8 Å². The number of imide groups is 1. The van der Waals surface area contributed by atoms with Crippen molar-refractivity contribution in [1.82, 2.24) is 10.2 Å². The number of carbonyl (C=O) groups is 2. The van der Waals surface area contributed by atoms with Crippen molar-refractivity contribution in [3.05, 3.63) is 21.9 Å². The van der Waals surface area contributed by atoms with Gasteiger partial charge in [-0.25, -0.2) is 4.79 Å². The van der Waals surface area contributed by atoms with Crippen LogP contribution in [0.3, 0.4) is 0 Å². The van der Waals surface area contributed by atoms with Gasteiger partial charge in [0.05, 0.1) is 6.54 Å². The van der Waals surface area contributed by atoms with Crippen LogP contribution < -0.4 is 11.1 Å². The molecule has 98 valence electrons. The molecule has 6 heteroatoms. The molecule has 0 aliphatic carbocycles. The molecule has 5 nitrogen and oxygen atoms in total. The first kappa shape index (κ1) is 13.0. The summed E-state index contributed by atoms with van der Waals surface area (Å²) in [6.07, 6.45) is 1.92. The van der Waals surface area contributed by atoms with Gasteiger partial charge in [-0.3, -0.25) is 15.0 Å². The predicted octanol–water partition coefficient (Wildman–Crippen LogP) is 1.25. The van der Waals surface area contributed by atoms with E-state index in [2.05, 4.69) is 28.6 Å². The molecular formula is C12H17N3O2S. The molecule has 0 bridgehead atoms. The second-order valence-electron chi connectivity index (χ2n) is 4.36. The molecule has 3 N–H and O–H groups in total. The van der Waals surface area contributed by atoms with Gasteiger partial charge in [-0.05, 0) is 29.9 Å². The Morgan fingerprint density at radius 3 is 3.06 bits per heavy atom. The topological polar surface area (TPSA) is 75.4 Å². The summed E-state index contributed by atoms with van der Waals surface area (Å²) >= 11 is 1.77. The molecule has 1 aromatic heterocycles. The second-order valence-corrected chi connectivity index (χ2v) is 5.36. The van der Waals surface area contributed by atoms with Crippen LogP contribution >= 0.6 is 11.3 Å². The fourth-order valence-electron chi connectivity index (χ4n) is 2.48.